The first-order valence-corrected chi connectivity index (χ1v) is 13.3. The second kappa shape index (κ2) is 11.8. The molecular formula is C29H35FN8. The lowest BCUT2D eigenvalue weighted by Crippen LogP contribution is -2.44. The minimum atomic E-state index is -0.410. The van der Waals surface area contributed by atoms with E-state index in [1.807, 2.05) is 25.3 Å². The Morgan fingerprint density at radius 2 is 1.97 bits per heavy atom. The third-order valence-corrected chi connectivity index (χ3v) is 7.54. The van der Waals surface area contributed by atoms with Crippen LogP contribution < -0.4 is 10.6 Å². The fraction of sp³-hybridized carbons (Fsp3) is 0.414. The summed E-state index contributed by atoms with van der Waals surface area (Å²) in [6.45, 7) is 8.07. The second-order valence-corrected chi connectivity index (χ2v) is 10.2. The number of nitrogens with one attached hydrogen (secondary N) is 2. The first-order valence-electron chi connectivity index (χ1n) is 13.3. The lowest BCUT2D eigenvalue weighted by molar-refractivity contribution is 0.288. The Hall–Kier alpha value is -3.72. The summed E-state index contributed by atoms with van der Waals surface area (Å²) in [5.74, 6) is 1.65. The summed E-state index contributed by atoms with van der Waals surface area (Å²) in [5.41, 5.74) is 4.74. The van der Waals surface area contributed by atoms with E-state index in [1.165, 1.54) is 18.1 Å². The summed E-state index contributed by atoms with van der Waals surface area (Å²) in [4.78, 5) is 24.9. The van der Waals surface area contributed by atoms with Gasteiger partial charge in [0.15, 0.2) is 11.6 Å². The summed E-state index contributed by atoms with van der Waals surface area (Å²) in [5, 5.41) is 6.46. The Morgan fingerprint density at radius 1 is 1.16 bits per heavy atom. The number of nitrogens with zero attached hydrogens (tertiary/aromatic N) is 6. The maximum Gasteiger partial charge on any atom is 0.167 e. The smallest absolute Gasteiger partial charge is 0.167 e. The molecule has 0 unspecified atom stereocenters. The zero-order chi connectivity index (χ0) is 26.5. The van der Waals surface area contributed by atoms with Crippen molar-refractivity contribution in [1.82, 2.24) is 25.2 Å². The van der Waals surface area contributed by atoms with Crippen LogP contribution >= 0.6 is 0 Å². The van der Waals surface area contributed by atoms with Gasteiger partial charge in [-0.3, -0.25) is 15.0 Å². The van der Waals surface area contributed by atoms with Crippen molar-refractivity contribution >= 4 is 29.9 Å². The van der Waals surface area contributed by atoms with E-state index < -0.39 is 5.82 Å². The normalized spacial score (nSPS) is 16.7. The van der Waals surface area contributed by atoms with E-state index in [0.29, 0.717) is 24.3 Å². The van der Waals surface area contributed by atoms with Gasteiger partial charge in [-0.15, -0.1) is 0 Å². The average molecular weight is 515 g/mol. The van der Waals surface area contributed by atoms with Gasteiger partial charge in [0.05, 0.1) is 18.4 Å². The van der Waals surface area contributed by atoms with Crippen molar-refractivity contribution in [3.05, 3.63) is 71.1 Å². The maximum atomic E-state index is 14.3. The summed E-state index contributed by atoms with van der Waals surface area (Å²) >= 11 is 0. The number of rotatable bonds is 8. The predicted octanol–water partition coefficient (Wildman–Crippen LogP) is 5.29. The van der Waals surface area contributed by atoms with Crippen molar-refractivity contribution in [2.45, 2.75) is 57.5 Å². The number of piperidine rings is 1. The van der Waals surface area contributed by atoms with Crippen LogP contribution in [0.25, 0.3) is 0 Å². The molecule has 5 rings (SSSR count). The number of anilines is 2. The molecule has 0 aromatic carbocycles. The fourth-order valence-electron chi connectivity index (χ4n) is 5.15. The molecule has 38 heavy (non-hydrogen) atoms. The number of amidine groups is 1. The van der Waals surface area contributed by atoms with Gasteiger partial charge in [-0.2, -0.15) is 0 Å². The Bertz CT molecular complexity index is 1310. The summed E-state index contributed by atoms with van der Waals surface area (Å²) in [7, 11) is 2.14. The fourth-order valence-corrected chi connectivity index (χ4v) is 5.15. The molecule has 2 N–H and O–H groups in total. The highest BCUT2D eigenvalue weighted by Gasteiger charge is 2.30. The van der Waals surface area contributed by atoms with Crippen LogP contribution in [0.3, 0.4) is 0 Å². The first kappa shape index (κ1) is 25.9. The van der Waals surface area contributed by atoms with Crippen molar-refractivity contribution in [2.24, 2.45) is 9.98 Å². The molecule has 3 aromatic rings. The molecule has 1 saturated carbocycles. The van der Waals surface area contributed by atoms with E-state index in [0.717, 1.165) is 67.0 Å². The molecule has 1 aliphatic carbocycles. The third-order valence-electron chi connectivity index (χ3n) is 7.54. The molecule has 198 valence electrons. The van der Waals surface area contributed by atoms with Crippen LogP contribution in [0.1, 0.15) is 60.3 Å². The number of pyridine rings is 3. The number of hydrogen-bond donors (Lipinski definition) is 2. The number of aliphatic imine (C=N–C) groups is 2. The first-order chi connectivity index (χ1) is 18.5. The quantitative estimate of drug-likeness (QED) is 0.313. The lowest BCUT2D eigenvalue weighted by atomic mass is 9.78. The Labute approximate surface area is 223 Å². The van der Waals surface area contributed by atoms with E-state index in [2.05, 4.69) is 49.2 Å². The van der Waals surface area contributed by atoms with Gasteiger partial charge in [0, 0.05) is 37.2 Å². The predicted molar refractivity (Wildman–Crippen MR) is 150 cm³/mol. The van der Waals surface area contributed by atoms with Gasteiger partial charge in [0.25, 0.3) is 0 Å². The molecule has 0 atom stereocenters. The van der Waals surface area contributed by atoms with Crippen LogP contribution in [0.4, 0.5) is 21.7 Å². The largest absolute Gasteiger partial charge is 0.356 e. The summed E-state index contributed by atoms with van der Waals surface area (Å²) < 4.78 is 14.3. The Kier molecular flexibility index (Phi) is 8.03. The zero-order valence-corrected chi connectivity index (χ0v) is 22.1. The molecular weight excluding hydrogens is 479 g/mol. The van der Waals surface area contributed by atoms with Crippen molar-refractivity contribution in [1.29, 1.82) is 0 Å². The highest BCUT2D eigenvalue weighted by Crippen LogP contribution is 2.40. The second-order valence-electron chi connectivity index (χ2n) is 10.2. The van der Waals surface area contributed by atoms with E-state index >= 15 is 0 Å². The standard InChI is InChI=1S/C29H35FN8/c1-19-13-24(30)28(35-15-19)37-26-14-20(7-12-34-26)16-36-29(38(3)22-8-10-32-11-9-22)27-23(21-5-4-6-21)17-33-18-25(27)31-2/h7,12-15,17-18,21-22,32H,2,4-6,8-11,16H2,1,3H3,(H,34,35,37). The molecule has 0 bridgehead atoms. The van der Waals surface area contributed by atoms with Crippen LogP contribution in [0.15, 0.2) is 53.0 Å². The molecule has 4 heterocycles. The van der Waals surface area contributed by atoms with Gasteiger partial charge in [0.1, 0.15) is 11.7 Å². The van der Waals surface area contributed by atoms with E-state index in [-0.39, 0.29) is 5.82 Å². The van der Waals surface area contributed by atoms with Crippen molar-refractivity contribution in [2.75, 3.05) is 25.5 Å². The molecule has 3 aromatic heterocycles. The average Bonchev–Trinajstić information content (AvgIpc) is 2.90. The third kappa shape index (κ3) is 5.72. The molecule has 0 amide bonds. The Balaban J connectivity index is 1.48. The molecule has 1 aliphatic heterocycles. The number of aryl methyl sites for hydroxylation is 1. The highest BCUT2D eigenvalue weighted by molar-refractivity contribution is 6.04. The highest BCUT2D eigenvalue weighted by atomic mass is 19.1. The SMILES string of the molecule is C=Nc1cncc(C2CCC2)c1C(=NCc1ccnc(Nc2ncc(C)cc2F)c1)N(C)C1CCNCC1. The van der Waals surface area contributed by atoms with E-state index in [9.17, 15) is 4.39 Å². The van der Waals surface area contributed by atoms with E-state index in [1.54, 1.807) is 18.6 Å². The van der Waals surface area contributed by atoms with Crippen LogP contribution in [-0.4, -0.2) is 58.6 Å². The van der Waals surface area contributed by atoms with Gasteiger partial charge < -0.3 is 15.5 Å². The molecule has 9 heteroatoms. The van der Waals surface area contributed by atoms with Crippen molar-refractivity contribution in [3.63, 3.8) is 0 Å². The topological polar surface area (TPSA) is 90.7 Å². The van der Waals surface area contributed by atoms with Gasteiger partial charge in [0.2, 0.25) is 0 Å². The number of aromatic nitrogens is 3. The number of halogens is 1. The van der Waals surface area contributed by atoms with Crippen LogP contribution in [-0.2, 0) is 6.54 Å². The molecule has 0 radical (unpaired) electrons. The zero-order valence-electron chi connectivity index (χ0n) is 22.1. The summed E-state index contributed by atoms with van der Waals surface area (Å²) in [6.07, 6.45) is 12.7. The van der Waals surface area contributed by atoms with Gasteiger partial charge >= 0.3 is 0 Å². The van der Waals surface area contributed by atoms with Gasteiger partial charge in [-0.05, 0) is 93.2 Å². The minimum Gasteiger partial charge on any atom is -0.356 e. The Morgan fingerprint density at radius 3 is 2.68 bits per heavy atom. The van der Waals surface area contributed by atoms with Crippen LogP contribution in [0.5, 0.6) is 0 Å². The lowest BCUT2D eigenvalue weighted by Gasteiger charge is -2.36. The van der Waals surface area contributed by atoms with Crippen molar-refractivity contribution in [3.8, 4) is 0 Å². The minimum absolute atomic E-state index is 0.152. The maximum absolute atomic E-state index is 14.3. The monoisotopic (exact) mass is 514 g/mol. The van der Waals surface area contributed by atoms with Crippen LogP contribution in [0.2, 0.25) is 0 Å². The molecule has 0 spiro atoms. The van der Waals surface area contributed by atoms with E-state index in [4.69, 9.17) is 4.99 Å². The molecule has 1 saturated heterocycles. The molecule has 8 nitrogen and oxygen atoms in total. The molecule has 2 fully saturated rings. The molecule has 2 aliphatic rings. The van der Waals surface area contributed by atoms with Crippen LogP contribution in [0, 0.1) is 12.7 Å². The summed E-state index contributed by atoms with van der Waals surface area (Å²) in [6, 6.07) is 5.65. The van der Waals surface area contributed by atoms with Crippen molar-refractivity contribution < 1.29 is 4.39 Å². The van der Waals surface area contributed by atoms with Gasteiger partial charge in [-0.1, -0.05) is 6.42 Å². The number of hydrogen-bond acceptors (Lipinski definition) is 7. The van der Waals surface area contributed by atoms with Gasteiger partial charge in [-0.25, -0.2) is 14.4 Å².